The Morgan fingerprint density at radius 2 is 1.97 bits per heavy atom. The predicted molar refractivity (Wildman–Crippen MR) is 93.3 cm³/mol. The maximum atomic E-state index is 12.8. The maximum absolute atomic E-state index is 12.8. The molecule has 29 heavy (non-hydrogen) atoms. The van der Waals surface area contributed by atoms with E-state index in [0.717, 1.165) is 23.1 Å². The van der Waals surface area contributed by atoms with Gasteiger partial charge in [-0.3, -0.25) is 14.9 Å². The number of benzene rings is 2. The Kier molecular flexibility index (Phi) is 4.97. The molecule has 0 spiro atoms. The number of halogens is 3. The third-order valence-corrected chi connectivity index (χ3v) is 4.04. The van der Waals surface area contributed by atoms with Crippen LogP contribution in [0, 0.1) is 10.1 Å². The zero-order valence-corrected chi connectivity index (χ0v) is 14.7. The van der Waals surface area contributed by atoms with E-state index in [4.69, 9.17) is 4.74 Å². The highest BCUT2D eigenvalue weighted by Crippen LogP contribution is 2.34. The number of aromatic nitrogens is 2. The lowest BCUT2D eigenvalue weighted by atomic mass is 10.1. The number of methoxy groups -OCH3 is 1. The number of nitro benzene ring substituents is 1. The number of carbonyl (C=O) groups excluding carboxylic acids is 1. The minimum absolute atomic E-state index is 0.0391. The molecular weight excluding hydrogens is 395 g/mol. The lowest BCUT2D eigenvalue weighted by Gasteiger charge is -2.08. The Balaban J connectivity index is 2.02. The van der Waals surface area contributed by atoms with Crippen LogP contribution in [0.5, 0.6) is 11.5 Å². The number of nitrogens with zero attached hydrogens (tertiary/aromatic N) is 3. The van der Waals surface area contributed by atoms with Gasteiger partial charge in [-0.1, -0.05) is 0 Å². The number of phenols is 1. The Morgan fingerprint density at radius 3 is 2.59 bits per heavy atom. The average molecular weight is 407 g/mol. The van der Waals surface area contributed by atoms with Crippen molar-refractivity contribution in [2.24, 2.45) is 0 Å². The summed E-state index contributed by atoms with van der Waals surface area (Å²) in [7, 11) is 1.38. The van der Waals surface area contributed by atoms with Gasteiger partial charge in [-0.25, -0.2) is 4.68 Å². The highest BCUT2D eigenvalue weighted by Gasteiger charge is 2.33. The van der Waals surface area contributed by atoms with Crippen molar-refractivity contribution in [1.29, 1.82) is 0 Å². The van der Waals surface area contributed by atoms with E-state index in [2.05, 4.69) is 5.10 Å². The first-order valence-electron chi connectivity index (χ1n) is 7.94. The van der Waals surface area contributed by atoms with Crippen molar-refractivity contribution < 1.29 is 32.7 Å². The Labute approximate surface area is 160 Å². The first-order chi connectivity index (χ1) is 13.6. The van der Waals surface area contributed by atoms with E-state index < -0.39 is 28.1 Å². The number of carbonyl (C=O) groups is 1. The van der Waals surface area contributed by atoms with Gasteiger partial charge in [-0.05, 0) is 30.3 Å². The molecule has 11 heteroatoms. The summed E-state index contributed by atoms with van der Waals surface area (Å²) in [4.78, 5) is 22.9. The summed E-state index contributed by atoms with van der Waals surface area (Å²) in [6, 6.07) is 5.98. The minimum atomic E-state index is -4.75. The molecule has 1 aromatic heterocycles. The fourth-order valence-corrected chi connectivity index (χ4v) is 2.59. The lowest BCUT2D eigenvalue weighted by Crippen LogP contribution is -2.08. The van der Waals surface area contributed by atoms with Crippen molar-refractivity contribution in [3.63, 3.8) is 0 Å². The van der Waals surface area contributed by atoms with Gasteiger partial charge in [-0.15, -0.1) is 0 Å². The molecule has 0 bridgehead atoms. The van der Waals surface area contributed by atoms with Gasteiger partial charge < -0.3 is 9.84 Å². The molecule has 0 aliphatic heterocycles. The van der Waals surface area contributed by atoms with E-state index in [1.54, 1.807) is 0 Å². The molecule has 8 nitrogen and oxygen atoms in total. The van der Waals surface area contributed by atoms with Gasteiger partial charge in [0.1, 0.15) is 17.2 Å². The number of hydrogen-bond acceptors (Lipinski definition) is 6. The van der Waals surface area contributed by atoms with Crippen LogP contribution in [0.25, 0.3) is 5.69 Å². The van der Waals surface area contributed by atoms with Crippen LogP contribution in [-0.4, -0.2) is 32.7 Å². The smallest absolute Gasteiger partial charge is 0.416 e. The second-order valence-corrected chi connectivity index (χ2v) is 5.84. The molecule has 0 fully saturated rings. The lowest BCUT2D eigenvalue weighted by molar-refractivity contribution is -0.384. The number of hydrogen-bond donors (Lipinski definition) is 1. The van der Waals surface area contributed by atoms with Gasteiger partial charge in [-0.2, -0.15) is 18.3 Å². The van der Waals surface area contributed by atoms with Gasteiger partial charge in [0.05, 0.1) is 34.9 Å². The van der Waals surface area contributed by atoms with E-state index >= 15 is 0 Å². The number of aromatic hydroxyl groups is 1. The molecule has 2 aromatic carbocycles. The fraction of sp³-hybridized carbons (Fsp3) is 0.111. The van der Waals surface area contributed by atoms with Crippen molar-refractivity contribution in [3.05, 3.63) is 75.6 Å². The van der Waals surface area contributed by atoms with Gasteiger partial charge in [0.15, 0.2) is 5.78 Å². The van der Waals surface area contributed by atoms with E-state index in [1.807, 2.05) is 0 Å². The molecule has 0 radical (unpaired) electrons. The number of alkyl halides is 3. The van der Waals surface area contributed by atoms with E-state index in [0.29, 0.717) is 17.9 Å². The second-order valence-electron chi connectivity index (χ2n) is 5.84. The molecule has 0 atom stereocenters. The zero-order valence-electron chi connectivity index (χ0n) is 14.7. The van der Waals surface area contributed by atoms with Crippen LogP contribution in [0.3, 0.4) is 0 Å². The van der Waals surface area contributed by atoms with Crippen LogP contribution < -0.4 is 4.74 Å². The maximum Gasteiger partial charge on any atom is 0.416 e. The van der Waals surface area contributed by atoms with Crippen molar-refractivity contribution in [3.8, 4) is 17.2 Å². The monoisotopic (exact) mass is 407 g/mol. The molecule has 150 valence electrons. The third-order valence-electron chi connectivity index (χ3n) is 4.04. The molecule has 0 saturated carbocycles. The van der Waals surface area contributed by atoms with Crippen LogP contribution in [-0.2, 0) is 6.18 Å². The number of ketones is 1. The van der Waals surface area contributed by atoms with Crippen LogP contribution in [0.2, 0.25) is 0 Å². The standard InChI is InChI=1S/C18H12F3N3O5/c1-29-12-3-5-16(25)13(7-12)17(26)10-8-22-23(9-10)14-4-2-11(18(19,20)21)6-15(14)24(27)28/h2-9,25H,1H3. The molecule has 0 aliphatic rings. The Bertz CT molecular complexity index is 1110. The molecule has 1 N–H and O–H groups in total. The Morgan fingerprint density at radius 1 is 1.24 bits per heavy atom. The summed E-state index contributed by atoms with van der Waals surface area (Å²) >= 11 is 0. The minimum Gasteiger partial charge on any atom is -0.507 e. The number of ether oxygens (including phenoxy) is 1. The van der Waals surface area contributed by atoms with Crippen LogP contribution in [0.15, 0.2) is 48.8 Å². The zero-order chi connectivity index (χ0) is 21.3. The van der Waals surface area contributed by atoms with Crippen molar-refractivity contribution >= 4 is 11.5 Å². The molecule has 1 heterocycles. The number of rotatable bonds is 5. The molecule has 3 aromatic rings. The van der Waals surface area contributed by atoms with Crippen molar-refractivity contribution in [1.82, 2.24) is 9.78 Å². The van der Waals surface area contributed by atoms with Crippen LogP contribution >= 0.6 is 0 Å². The largest absolute Gasteiger partial charge is 0.507 e. The summed E-state index contributed by atoms with van der Waals surface area (Å²) in [5, 5.41) is 25.0. The van der Waals surface area contributed by atoms with Crippen LogP contribution in [0.1, 0.15) is 21.5 Å². The van der Waals surface area contributed by atoms with Gasteiger partial charge in [0.25, 0.3) is 5.69 Å². The SMILES string of the molecule is COc1ccc(O)c(C(=O)c2cnn(-c3ccc(C(F)(F)F)cc3[N+](=O)[O-])c2)c1. The molecule has 0 unspecified atom stereocenters. The third kappa shape index (κ3) is 3.88. The van der Waals surface area contributed by atoms with Gasteiger partial charge in [0.2, 0.25) is 0 Å². The first kappa shape index (κ1) is 19.9. The summed E-state index contributed by atoms with van der Waals surface area (Å²) in [6.07, 6.45) is -2.54. The molecular formula is C18H12F3N3O5. The van der Waals surface area contributed by atoms with Gasteiger partial charge >= 0.3 is 6.18 Å². The summed E-state index contributed by atoms with van der Waals surface area (Å²) < 4.78 is 44.4. The van der Waals surface area contributed by atoms with E-state index in [-0.39, 0.29) is 22.6 Å². The normalized spacial score (nSPS) is 11.3. The van der Waals surface area contributed by atoms with E-state index in [1.165, 1.54) is 25.3 Å². The van der Waals surface area contributed by atoms with Crippen molar-refractivity contribution in [2.75, 3.05) is 7.11 Å². The summed E-state index contributed by atoms with van der Waals surface area (Å²) in [6.45, 7) is 0. The molecule has 0 amide bonds. The predicted octanol–water partition coefficient (Wildman–Crippen LogP) is 3.74. The molecule has 3 rings (SSSR count). The molecule has 0 aliphatic carbocycles. The fourth-order valence-electron chi connectivity index (χ4n) is 2.59. The number of nitro groups is 1. The molecule has 0 saturated heterocycles. The first-order valence-corrected chi connectivity index (χ1v) is 7.94. The second kappa shape index (κ2) is 7.26. The number of phenolic OH excluding ortho intramolecular Hbond substituents is 1. The van der Waals surface area contributed by atoms with Crippen molar-refractivity contribution in [2.45, 2.75) is 6.18 Å². The highest BCUT2D eigenvalue weighted by molar-refractivity contribution is 6.10. The summed E-state index contributed by atoms with van der Waals surface area (Å²) in [5.74, 6) is -0.650. The average Bonchev–Trinajstić information content (AvgIpc) is 3.16. The van der Waals surface area contributed by atoms with Crippen LogP contribution in [0.4, 0.5) is 18.9 Å². The quantitative estimate of drug-likeness (QED) is 0.392. The van der Waals surface area contributed by atoms with Gasteiger partial charge in [0, 0.05) is 12.3 Å². The topological polar surface area (TPSA) is 107 Å². The Hall–Kier alpha value is -3.89. The summed E-state index contributed by atoms with van der Waals surface area (Å²) in [5.41, 5.74) is -2.39. The van der Waals surface area contributed by atoms with E-state index in [9.17, 15) is 33.2 Å². The highest BCUT2D eigenvalue weighted by atomic mass is 19.4.